The molecule has 0 saturated carbocycles. The smallest absolute Gasteiger partial charge is 0.122 e. The van der Waals surface area contributed by atoms with Gasteiger partial charge in [-0.2, -0.15) is 0 Å². The molecule has 2 N–H and O–H groups in total. The zero-order chi connectivity index (χ0) is 13.0. The first-order valence-electron chi connectivity index (χ1n) is 5.91. The highest BCUT2D eigenvalue weighted by molar-refractivity contribution is 7.16. The molecular formula is C14H16ClNOS. The van der Waals surface area contributed by atoms with Gasteiger partial charge in [0, 0.05) is 10.9 Å². The van der Waals surface area contributed by atoms with E-state index in [0.717, 1.165) is 26.9 Å². The number of nitrogens with two attached hydrogens (primary N) is 1. The van der Waals surface area contributed by atoms with E-state index in [1.165, 1.54) is 11.3 Å². The van der Waals surface area contributed by atoms with Crippen molar-refractivity contribution in [1.29, 1.82) is 0 Å². The van der Waals surface area contributed by atoms with Gasteiger partial charge in [-0.15, -0.1) is 11.3 Å². The third-order valence-electron chi connectivity index (χ3n) is 2.76. The van der Waals surface area contributed by atoms with E-state index in [1.54, 1.807) is 0 Å². The molecule has 0 spiro atoms. The minimum Gasteiger partial charge on any atom is -0.488 e. The fourth-order valence-corrected chi connectivity index (χ4v) is 2.63. The number of thiophene rings is 1. The van der Waals surface area contributed by atoms with E-state index in [9.17, 15) is 0 Å². The first kappa shape index (κ1) is 13.4. The Kier molecular flexibility index (Phi) is 4.64. The van der Waals surface area contributed by atoms with Gasteiger partial charge in [0.1, 0.15) is 12.4 Å². The second kappa shape index (κ2) is 6.23. The molecule has 0 aliphatic heterocycles. The number of rotatable bonds is 5. The molecule has 0 aliphatic rings. The van der Waals surface area contributed by atoms with Gasteiger partial charge < -0.3 is 10.5 Å². The van der Waals surface area contributed by atoms with E-state index < -0.39 is 0 Å². The van der Waals surface area contributed by atoms with E-state index in [2.05, 4.69) is 6.92 Å². The van der Waals surface area contributed by atoms with Gasteiger partial charge in [0.2, 0.25) is 0 Å². The molecule has 1 aromatic heterocycles. The second-order valence-electron chi connectivity index (χ2n) is 4.08. The van der Waals surface area contributed by atoms with Crippen LogP contribution < -0.4 is 10.5 Å². The lowest BCUT2D eigenvalue weighted by Crippen LogP contribution is -2.08. The van der Waals surface area contributed by atoms with Gasteiger partial charge in [-0.3, -0.25) is 0 Å². The maximum Gasteiger partial charge on any atom is 0.122 e. The Bertz CT molecular complexity index is 495. The molecule has 2 aromatic rings. The number of hydrogen-bond acceptors (Lipinski definition) is 3. The molecule has 0 aliphatic carbocycles. The lowest BCUT2D eigenvalue weighted by molar-refractivity contribution is 0.309. The molecular weight excluding hydrogens is 266 g/mol. The lowest BCUT2D eigenvalue weighted by Gasteiger charge is -2.10. The largest absolute Gasteiger partial charge is 0.488 e. The van der Waals surface area contributed by atoms with Crippen LogP contribution in [0.15, 0.2) is 36.4 Å². The zero-order valence-corrected chi connectivity index (χ0v) is 11.8. The van der Waals surface area contributed by atoms with E-state index in [0.29, 0.717) is 6.61 Å². The van der Waals surface area contributed by atoms with Gasteiger partial charge in [0.15, 0.2) is 0 Å². The lowest BCUT2D eigenvalue weighted by atomic mass is 10.1. The summed E-state index contributed by atoms with van der Waals surface area (Å²) < 4.78 is 6.47. The van der Waals surface area contributed by atoms with Crippen molar-refractivity contribution in [3.05, 3.63) is 51.2 Å². The van der Waals surface area contributed by atoms with Crippen molar-refractivity contribution in [2.75, 3.05) is 0 Å². The van der Waals surface area contributed by atoms with Crippen LogP contribution in [-0.2, 0) is 6.61 Å². The van der Waals surface area contributed by atoms with Crippen molar-refractivity contribution < 1.29 is 4.74 Å². The van der Waals surface area contributed by atoms with Crippen molar-refractivity contribution in [3.8, 4) is 5.75 Å². The molecule has 4 heteroatoms. The summed E-state index contributed by atoms with van der Waals surface area (Å²) >= 11 is 7.40. The maximum absolute atomic E-state index is 5.96. The normalized spacial score (nSPS) is 12.4. The van der Waals surface area contributed by atoms with Gasteiger partial charge in [0.05, 0.1) is 4.34 Å². The summed E-state index contributed by atoms with van der Waals surface area (Å²) in [5.74, 6) is 0.853. The van der Waals surface area contributed by atoms with E-state index in [-0.39, 0.29) is 6.04 Å². The first-order chi connectivity index (χ1) is 8.69. The maximum atomic E-state index is 5.96. The summed E-state index contributed by atoms with van der Waals surface area (Å²) in [5.41, 5.74) is 7.10. The van der Waals surface area contributed by atoms with Crippen LogP contribution in [0.25, 0.3) is 0 Å². The highest BCUT2D eigenvalue weighted by Gasteiger charge is 2.04. The van der Waals surface area contributed by atoms with Crippen LogP contribution in [0.1, 0.15) is 29.8 Å². The first-order valence-corrected chi connectivity index (χ1v) is 7.11. The van der Waals surface area contributed by atoms with Crippen LogP contribution in [0, 0.1) is 0 Å². The summed E-state index contributed by atoms with van der Waals surface area (Å²) in [5, 5.41) is 0. The van der Waals surface area contributed by atoms with Crippen molar-refractivity contribution in [1.82, 2.24) is 0 Å². The van der Waals surface area contributed by atoms with Crippen LogP contribution in [0.3, 0.4) is 0 Å². The SMILES string of the molecule is CCC(N)c1ccc(OCc2ccc(Cl)s2)cc1. The van der Waals surface area contributed by atoms with Crippen molar-refractivity contribution in [2.24, 2.45) is 5.73 Å². The molecule has 0 radical (unpaired) electrons. The van der Waals surface area contributed by atoms with Gasteiger partial charge in [-0.25, -0.2) is 0 Å². The number of halogens is 1. The minimum absolute atomic E-state index is 0.107. The summed E-state index contributed by atoms with van der Waals surface area (Å²) in [7, 11) is 0. The van der Waals surface area contributed by atoms with Crippen molar-refractivity contribution in [2.45, 2.75) is 26.0 Å². The van der Waals surface area contributed by atoms with Crippen LogP contribution in [0.5, 0.6) is 5.75 Å². The summed E-state index contributed by atoms with van der Waals surface area (Å²) in [6.45, 7) is 2.63. The van der Waals surface area contributed by atoms with Crippen molar-refractivity contribution in [3.63, 3.8) is 0 Å². The Morgan fingerprint density at radius 1 is 1.22 bits per heavy atom. The fourth-order valence-electron chi connectivity index (χ4n) is 1.63. The zero-order valence-electron chi connectivity index (χ0n) is 10.2. The third-order valence-corrected chi connectivity index (χ3v) is 3.96. The number of hydrogen-bond donors (Lipinski definition) is 1. The summed E-state index contributed by atoms with van der Waals surface area (Å²) in [6.07, 6.45) is 0.938. The minimum atomic E-state index is 0.107. The van der Waals surface area contributed by atoms with Crippen LogP contribution in [-0.4, -0.2) is 0 Å². The Morgan fingerprint density at radius 2 is 1.94 bits per heavy atom. The monoisotopic (exact) mass is 281 g/mol. The highest BCUT2D eigenvalue weighted by atomic mass is 35.5. The van der Waals surface area contributed by atoms with E-state index >= 15 is 0 Å². The molecule has 0 fully saturated rings. The van der Waals surface area contributed by atoms with Gasteiger partial charge in [0.25, 0.3) is 0 Å². The predicted molar refractivity (Wildman–Crippen MR) is 77.3 cm³/mol. The molecule has 1 heterocycles. The van der Waals surface area contributed by atoms with E-state index in [4.69, 9.17) is 22.1 Å². The summed E-state index contributed by atoms with van der Waals surface area (Å²) in [6, 6.07) is 11.9. The quantitative estimate of drug-likeness (QED) is 0.882. The molecule has 2 rings (SSSR count). The average Bonchev–Trinajstić information content (AvgIpc) is 2.82. The number of ether oxygens (including phenoxy) is 1. The Hall–Kier alpha value is -1.03. The van der Waals surface area contributed by atoms with Crippen LogP contribution in [0.4, 0.5) is 0 Å². The fraction of sp³-hybridized carbons (Fsp3) is 0.286. The molecule has 2 nitrogen and oxygen atoms in total. The molecule has 96 valence electrons. The molecule has 0 amide bonds. The van der Waals surface area contributed by atoms with Crippen LogP contribution >= 0.6 is 22.9 Å². The molecule has 0 bridgehead atoms. The highest BCUT2D eigenvalue weighted by Crippen LogP contribution is 2.24. The van der Waals surface area contributed by atoms with Crippen molar-refractivity contribution >= 4 is 22.9 Å². The Morgan fingerprint density at radius 3 is 2.50 bits per heavy atom. The predicted octanol–water partition coefficient (Wildman–Crippen LogP) is 4.39. The standard InChI is InChI=1S/C14H16ClNOS/c1-2-13(16)10-3-5-11(6-4-10)17-9-12-7-8-14(15)18-12/h3-8,13H,2,9,16H2,1H3. The van der Waals surface area contributed by atoms with Gasteiger partial charge in [-0.1, -0.05) is 30.7 Å². The molecule has 18 heavy (non-hydrogen) atoms. The van der Waals surface area contributed by atoms with Gasteiger partial charge in [-0.05, 0) is 36.2 Å². The third kappa shape index (κ3) is 3.48. The molecule has 1 atom stereocenters. The number of benzene rings is 1. The summed E-state index contributed by atoms with van der Waals surface area (Å²) in [4.78, 5) is 1.12. The topological polar surface area (TPSA) is 35.2 Å². The molecule has 1 aromatic carbocycles. The molecule has 0 saturated heterocycles. The Labute approximate surface area is 116 Å². The second-order valence-corrected chi connectivity index (χ2v) is 5.88. The van der Waals surface area contributed by atoms with E-state index in [1.807, 2.05) is 36.4 Å². The Balaban J connectivity index is 1.94. The van der Waals surface area contributed by atoms with Crippen LogP contribution in [0.2, 0.25) is 4.34 Å². The average molecular weight is 282 g/mol. The van der Waals surface area contributed by atoms with Gasteiger partial charge >= 0.3 is 0 Å². The molecule has 1 unspecified atom stereocenters.